The number of aromatic nitrogens is 3. The predicted octanol–water partition coefficient (Wildman–Crippen LogP) is 4.80. The molecule has 1 N–H and O–H groups in total. The molecule has 8 heteroatoms. The van der Waals surface area contributed by atoms with Crippen LogP contribution in [0.5, 0.6) is 0 Å². The van der Waals surface area contributed by atoms with Crippen LogP contribution in [0.2, 0.25) is 0 Å². The van der Waals surface area contributed by atoms with Gasteiger partial charge in [-0.2, -0.15) is 4.98 Å². The fraction of sp³-hybridized carbons (Fsp3) is 0.333. The van der Waals surface area contributed by atoms with Gasteiger partial charge in [0.25, 0.3) is 0 Å². The van der Waals surface area contributed by atoms with Crippen molar-refractivity contribution in [3.05, 3.63) is 66.9 Å². The molecule has 182 valence electrons. The fourth-order valence-corrected chi connectivity index (χ4v) is 5.05. The van der Waals surface area contributed by atoms with Gasteiger partial charge in [-0.1, -0.05) is 31.5 Å². The number of pyridine rings is 1. The minimum Gasteiger partial charge on any atom is -0.369 e. The van der Waals surface area contributed by atoms with Gasteiger partial charge in [-0.05, 0) is 61.0 Å². The molecule has 1 unspecified atom stereocenters. The molecule has 1 saturated heterocycles. The van der Waals surface area contributed by atoms with Crippen LogP contribution in [0.15, 0.2) is 71.8 Å². The van der Waals surface area contributed by atoms with Crippen molar-refractivity contribution in [3.63, 3.8) is 0 Å². The molecule has 1 aliphatic rings. The summed E-state index contributed by atoms with van der Waals surface area (Å²) in [4.78, 5) is 10.6. The summed E-state index contributed by atoms with van der Waals surface area (Å²) >= 11 is 0. The molecule has 2 aromatic carbocycles. The van der Waals surface area contributed by atoms with Crippen LogP contribution in [0.25, 0.3) is 16.8 Å². The molecule has 0 amide bonds. The Morgan fingerprint density at radius 2 is 1.80 bits per heavy atom. The second-order valence-electron chi connectivity index (χ2n) is 8.96. The van der Waals surface area contributed by atoms with Crippen LogP contribution >= 0.6 is 0 Å². The third-order valence-electron chi connectivity index (χ3n) is 6.53. The van der Waals surface area contributed by atoms with Gasteiger partial charge in [-0.15, -0.1) is 5.10 Å². The Labute approximate surface area is 209 Å². The Morgan fingerprint density at radius 3 is 2.54 bits per heavy atom. The second kappa shape index (κ2) is 10.6. The van der Waals surface area contributed by atoms with Crippen molar-refractivity contribution in [1.82, 2.24) is 19.5 Å². The average molecular weight is 489 g/mol. The van der Waals surface area contributed by atoms with Crippen molar-refractivity contribution in [2.45, 2.75) is 24.7 Å². The number of rotatable bonds is 8. The summed E-state index contributed by atoms with van der Waals surface area (Å²) in [5.74, 6) is 0.560. The summed E-state index contributed by atoms with van der Waals surface area (Å²) in [5, 5.41) is 8.04. The molecule has 3 heterocycles. The molecule has 1 fully saturated rings. The number of piperazine rings is 1. The maximum Gasteiger partial charge on any atom is 0.247 e. The van der Waals surface area contributed by atoms with Crippen molar-refractivity contribution >= 4 is 33.8 Å². The zero-order valence-electron chi connectivity index (χ0n) is 20.4. The van der Waals surface area contributed by atoms with E-state index in [0.29, 0.717) is 5.95 Å². The lowest BCUT2D eigenvalue weighted by molar-refractivity contribution is 0.254. The van der Waals surface area contributed by atoms with E-state index in [1.807, 2.05) is 42.6 Å². The first-order valence-corrected chi connectivity index (χ1v) is 13.8. The first kappa shape index (κ1) is 23.5. The van der Waals surface area contributed by atoms with Crippen LogP contribution in [-0.2, 0) is 10.8 Å². The normalized spacial score (nSPS) is 15.4. The predicted molar refractivity (Wildman–Crippen MR) is 144 cm³/mol. The summed E-state index contributed by atoms with van der Waals surface area (Å²) in [6, 6.07) is 20.3. The van der Waals surface area contributed by atoms with Gasteiger partial charge in [-0.25, -0.2) is 4.52 Å². The second-order valence-corrected chi connectivity index (χ2v) is 10.3. The standard InChI is InChI=1S/C27H32N6OS/c1-3-4-14-31-16-18-32(19-17-31)23-8-5-7-22(20-23)28-27-29-26-25(9-6-15-33(26)30-27)21-10-12-24(13-11-21)35(2)34/h5-13,15,20H,3-4,14,16-19H2,1-2H3,(H,28,30). The summed E-state index contributed by atoms with van der Waals surface area (Å²) in [7, 11) is -0.996. The zero-order chi connectivity index (χ0) is 24.2. The molecule has 5 rings (SSSR count). The molecule has 2 aromatic heterocycles. The van der Waals surface area contributed by atoms with E-state index in [2.05, 4.69) is 51.4 Å². The minimum atomic E-state index is -0.996. The Hall–Kier alpha value is -3.23. The fourth-order valence-electron chi connectivity index (χ4n) is 4.53. The molecule has 35 heavy (non-hydrogen) atoms. The van der Waals surface area contributed by atoms with Crippen LogP contribution < -0.4 is 10.2 Å². The topological polar surface area (TPSA) is 65.8 Å². The Bertz CT molecular complexity index is 1310. The van der Waals surface area contributed by atoms with E-state index in [4.69, 9.17) is 4.98 Å². The molecule has 0 radical (unpaired) electrons. The summed E-state index contributed by atoms with van der Waals surface area (Å²) in [6.45, 7) is 7.78. The van der Waals surface area contributed by atoms with E-state index < -0.39 is 10.8 Å². The molecule has 0 saturated carbocycles. The van der Waals surface area contributed by atoms with Crippen molar-refractivity contribution in [2.24, 2.45) is 0 Å². The maximum atomic E-state index is 11.7. The van der Waals surface area contributed by atoms with Crippen LogP contribution in [0.1, 0.15) is 19.8 Å². The van der Waals surface area contributed by atoms with Gasteiger partial charge >= 0.3 is 0 Å². The maximum absolute atomic E-state index is 11.7. The van der Waals surface area contributed by atoms with Crippen LogP contribution in [-0.4, -0.2) is 62.7 Å². The quantitative estimate of drug-likeness (QED) is 0.384. The number of anilines is 3. The van der Waals surface area contributed by atoms with Crippen LogP contribution in [0.4, 0.5) is 17.3 Å². The zero-order valence-corrected chi connectivity index (χ0v) is 21.2. The number of nitrogens with zero attached hydrogens (tertiary/aromatic N) is 5. The van der Waals surface area contributed by atoms with E-state index in [9.17, 15) is 4.21 Å². The molecular formula is C27H32N6OS. The first-order chi connectivity index (χ1) is 17.1. The molecule has 0 aliphatic carbocycles. The minimum absolute atomic E-state index is 0.560. The third-order valence-corrected chi connectivity index (χ3v) is 7.46. The van der Waals surface area contributed by atoms with E-state index in [-0.39, 0.29) is 0 Å². The van der Waals surface area contributed by atoms with Crippen molar-refractivity contribution in [2.75, 3.05) is 49.2 Å². The van der Waals surface area contributed by atoms with Crippen LogP contribution in [0.3, 0.4) is 0 Å². The van der Waals surface area contributed by atoms with Crippen molar-refractivity contribution in [1.29, 1.82) is 0 Å². The average Bonchev–Trinajstić information content (AvgIpc) is 3.30. The smallest absolute Gasteiger partial charge is 0.247 e. The highest BCUT2D eigenvalue weighted by molar-refractivity contribution is 7.84. The number of nitrogens with one attached hydrogen (secondary N) is 1. The summed E-state index contributed by atoms with van der Waals surface area (Å²) in [6.07, 6.45) is 6.12. The number of hydrogen-bond donors (Lipinski definition) is 1. The number of unbranched alkanes of at least 4 members (excludes halogenated alkanes) is 1. The molecule has 7 nitrogen and oxygen atoms in total. The third kappa shape index (κ3) is 5.39. The molecule has 0 spiro atoms. The largest absolute Gasteiger partial charge is 0.369 e. The molecule has 1 atom stereocenters. The lowest BCUT2D eigenvalue weighted by atomic mass is 10.1. The Balaban J connectivity index is 1.32. The van der Waals surface area contributed by atoms with Gasteiger partial charge in [0.1, 0.15) is 0 Å². The highest BCUT2D eigenvalue weighted by Crippen LogP contribution is 2.27. The number of hydrogen-bond acceptors (Lipinski definition) is 6. The highest BCUT2D eigenvalue weighted by Gasteiger charge is 2.17. The summed E-state index contributed by atoms with van der Waals surface area (Å²) < 4.78 is 13.5. The van der Waals surface area contributed by atoms with Crippen molar-refractivity contribution in [3.8, 4) is 11.1 Å². The van der Waals surface area contributed by atoms with Gasteiger partial charge in [0, 0.05) is 71.3 Å². The molecule has 4 aromatic rings. The van der Waals surface area contributed by atoms with E-state index in [1.165, 1.54) is 25.1 Å². The van der Waals surface area contributed by atoms with Crippen LogP contribution in [0, 0.1) is 0 Å². The molecule has 1 aliphatic heterocycles. The monoisotopic (exact) mass is 488 g/mol. The van der Waals surface area contributed by atoms with E-state index >= 15 is 0 Å². The van der Waals surface area contributed by atoms with E-state index in [1.54, 1.807) is 10.8 Å². The lowest BCUT2D eigenvalue weighted by Gasteiger charge is -2.36. The van der Waals surface area contributed by atoms with Gasteiger partial charge < -0.3 is 10.2 Å². The molecule has 0 bridgehead atoms. The van der Waals surface area contributed by atoms with Crippen molar-refractivity contribution < 1.29 is 4.21 Å². The lowest BCUT2D eigenvalue weighted by Crippen LogP contribution is -2.46. The molecular weight excluding hydrogens is 456 g/mol. The number of benzene rings is 2. The highest BCUT2D eigenvalue weighted by atomic mass is 32.2. The van der Waals surface area contributed by atoms with Gasteiger partial charge in [0.15, 0.2) is 5.65 Å². The summed E-state index contributed by atoms with van der Waals surface area (Å²) in [5.41, 5.74) is 4.98. The SMILES string of the molecule is CCCCN1CCN(c2cccc(Nc3nc4c(-c5ccc(S(C)=O)cc5)cccn4n3)c2)CC1. The van der Waals surface area contributed by atoms with Gasteiger partial charge in [0.2, 0.25) is 5.95 Å². The first-order valence-electron chi connectivity index (χ1n) is 12.2. The van der Waals surface area contributed by atoms with E-state index in [0.717, 1.165) is 53.5 Å². The Kier molecular flexibility index (Phi) is 7.11. The number of fused-ring (bicyclic) bond motifs is 1. The van der Waals surface area contributed by atoms with Gasteiger partial charge in [-0.3, -0.25) is 9.11 Å². The van der Waals surface area contributed by atoms with Gasteiger partial charge in [0.05, 0.1) is 0 Å². The Morgan fingerprint density at radius 1 is 1.00 bits per heavy atom.